The number of rotatable bonds is 5. The van der Waals surface area contributed by atoms with Crippen LogP contribution in [0.3, 0.4) is 0 Å². The Balaban J connectivity index is 1.63. The van der Waals surface area contributed by atoms with Crippen molar-refractivity contribution in [3.8, 4) is 0 Å². The molecule has 3 rings (SSSR count). The first-order valence-electron chi connectivity index (χ1n) is 8.59. The standard InChI is InChI=1S/C19H24ClN3O/c1-13(2)18-10-17(21-22-18)12-23-9-3-4-15(11-23)19(24)14-5-7-16(20)8-6-14/h5-8,10,13,15H,3-4,9,11-12H2,1-2H3,(H,21,22)/t15-/m0/s1. The second-order valence-electron chi connectivity index (χ2n) is 6.92. The van der Waals surface area contributed by atoms with Gasteiger partial charge >= 0.3 is 0 Å². The van der Waals surface area contributed by atoms with Crippen LogP contribution in [0, 0.1) is 5.92 Å². The van der Waals surface area contributed by atoms with Crippen molar-refractivity contribution in [3.05, 3.63) is 52.3 Å². The number of hydrogen-bond donors (Lipinski definition) is 1. The van der Waals surface area contributed by atoms with E-state index in [2.05, 4.69) is 35.0 Å². The molecule has 1 saturated heterocycles. The molecule has 1 aliphatic rings. The summed E-state index contributed by atoms with van der Waals surface area (Å²) < 4.78 is 0. The second kappa shape index (κ2) is 7.49. The van der Waals surface area contributed by atoms with E-state index in [-0.39, 0.29) is 11.7 Å². The van der Waals surface area contributed by atoms with Gasteiger partial charge in [-0.15, -0.1) is 0 Å². The summed E-state index contributed by atoms with van der Waals surface area (Å²) in [4.78, 5) is 15.1. The maximum atomic E-state index is 12.7. The van der Waals surface area contributed by atoms with Crippen LogP contribution >= 0.6 is 11.6 Å². The van der Waals surface area contributed by atoms with Crippen LogP contribution in [-0.2, 0) is 6.54 Å². The molecule has 1 atom stereocenters. The summed E-state index contributed by atoms with van der Waals surface area (Å²) in [5.74, 6) is 0.715. The van der Waals surface area contributed by atoms with Crippen LogP contribution in [0.25, 0.3) is 0 Å². The van der Waals surface area contributed by atoms with E-state index in [9.17, 15) is 4.79 Å². The van der Waals surface area contributed by atoms with Gasteiger partial charge in [-0.25, -0.2) is 0 Å². The van der Waals surface area contributed by atoms with Crippen LogP contribution in [0.5, 0.6) is 0 Å². The maximum absolute atomic E-state index is 12.7. The molecule has 1 fully saturated rings. The van der Waals surface area contributed by atoms with Crippen LogP contribution in [-0.4, -0.2) is 34.0 Å². The number of aromatic nitrogens is 2. The average Bonchev–Trinajstić information content (AvgIpc) is 3.04. The molecular weight excluding hydrogens is 322 g/mol. The molecule has 0 amide bonds. The summed E-state index contributed by atoms with van der Waals surface area (Å²) in [7, 11) is 0. The number of carbonyl (C=O) groups is 1. The SMILES string of the molecule is CC(C)c1cc(CN2CCC[C@H](C(=O)c3ccc(Cl)cc3)C2)[nH]n1. The normalized spacial score (nSPS) is 18.9. The second-order valence-corrected chi connectivity index (χ2v) is 7.35. The minimum Gasteiger partial charge on any atom is -0.297 e. The predicted molar refractivity (Wildman–Crippen MR) is 96.5 cm³/mol. The largest absolute Gasteiger partial charge is 0.297 e. The van der Waals surface area contributed by atoms with E-state index in [0.29, 0.717) is 10.9 Å². The molecule has 4 nitrogen and oxygen atoms in total. The fourth-order valence-electron chi connectivity index (χ4n) is 3.26. The topological polar surface area (TPSA) is 49.0 Å². The van der Waals surface area contributed by atoms with Crippen molar-refractivity contribution < 1.29 is 4.79 Å². The van der Waals surface area contributed by atoms with E-state index < -0.39 is 0 Å². The van der Waals surface area contributed by atoms with Gasteiger partial charge in [-0.1, -0.05) is 25.4 Å². The van der Waals surface area contributed by atoms with Gasteiger partial charge in [0.25, 0.3) is 0 Å². The van der Waals surface area contributed by atoms with E-state index in [1.54, 1.807) is 12.1 Å². The summed E-state index contributed by atoms with van der Waals surface area (Å²) in [5, 5.41) is 8.15. The first-order chi connectivity index (χ1) is 11.5. The summed E-state index contributed by atoms with van der Waals surface area (Å²) in [6, 6.07) is 9.36. The Kier molecular flexibility index (Phi) is 5.36. The van der Waals surface area contributed by atoms with Crippen LogP contribution < -0.4 is 0 Å². The number of nitrogens with one attached hydrogen (secondary N) is 1. The molecule has 128 valence electrons. The number of halogens is 1. The van der Waals surface area contributed by atoms with Crippen LogP contribution in [0.2, 0.25) is 5.02 Å². The number of H-pyrrole nitrogens is 1. The van der Waals surface area contributed by atoms with Gasteiger partial charge in [-0.05, 0) is 55.6 Å². The molecule has 2 heterocycles. The van der Waals surface area contributed by atoms with Crippen LogP contribution in [0.15, 0.2) is 30.3 Å². The average molecular weight is 346 g/mol. The summed E-state index contributed by atoms with van der Waals surface area (Å²) in [5.41, 5.74) is 2.98. The number of nitrogens with zero attached hydrogens (tertiary/aromatic N) is 2. The molecule has 24 heavy (non-hydrogen) atoms. The molecule has 1 aromatic heterocycles. The summed E-state index contributed by atoms with van der Waals surface area (Å²) in [6.45, 7) is 6.94. The molecule has 0 radical (unpaired) electrons. The van der Waals surface area contributed by atoms with E-state index in [1.807, 2.05) is 12.1 Å². The molecule has 1 aromatic carbocycles. The van der Waals surface area contributed by atoms with Crippen LogP contribution in [0.4, 0.5) is 0 Å². The lowest BCUT2D eigenvalue weighted by Gasteiger charge is -2.31. The number of Topliss-reactive ketones (excluding diaryl/α,β-unsaturated/α-hetero) is 1. The number of ketones is 1. The number of hydrogen-bond acceptors (Lipinski definition) is 3. The molecular formula is C19H24ClN3O. The van der Waals surface area contributed by atoms with E-state index in [4.69, 9.17) is 11.6 Å². The van der Waals surface area contributed by atoms with Crippen LogP contribution in [0.1, 0.15) is 54.4 Å². The minimum atomic E-state index is 0.0624. The maximum Gasteiger partial charge on any atom is 0.167 e. The lowest BCUT2D eigenvalue weighted by Crippen LogP contribution is -2.38. The van der Waals surface area contributed by atoms with Crippen molar-refractivity contribution >= 4 is 17.4 Å². The monoisotopic (exact) mass is 345 g/mol. The Labute approximate surface area is 148 Å². The summed E-state index contributed by atoms with van der Waals surface area (Å²) >= 11 is 5.91. The molecule has 2 aromatic rings. The van der Waals surface area contributed by atoms with Crippen molar-refractivity contribution in [1.82, 2.24) is 15.1 Å². The quantitative estimate of drug-likeness (QED) is 0.823. The Morgan fingerprint density at radius 2 is 2.12 bits per heavy atom. The Morgan fingerprint density at radius 3 is 2.79 bits per heavy atom. The zero-order valence-corrected chi connectivity index (χ0v) is 15.0. The Morgan fingerprint density at radius 1 is 1.38 bits per heavy atom. The molecule has 0 aliphatic carbocycles. The lowest BCUT2D eigenvalue weighted by atomic mass is 9.90. The molecule has 5 heteroatoms. The highest BCUT2D eigenvalue weighted by atomic mass is 35.5. The fourth-order valence-corrected chi connectivity index (χ4v) is 3.39. The molecule has 0 saturated carbocycles. The number of aromatic amines is 1. The van der Waals surface area contributed by atoms with Gasteiger partial charge in [0, 0.05) is 35.3 Å². The smallest absolute Gasteiger partial charge is 0.167 e. The van der Waals surface area contributed by atoms with E-state index >= 15 is 0 Å². The third-order valence-corrected chi connectivity index (χ3v) is 4.89. The molecule has 0 bridgehead atoms. The van der Waals surface area contributed by atoms with Gasteiger partial charge in [-0.3, -0.25) is 14.8 Å². The number of carbonyl (C=O) groups excluding carboxylic acids is 1. The number of piperidine rings is 1. The van der Waals surface area contributed by atoms with E-state index in [0.717, 1.165) is 49.4 Å². The lowest BCUT2D eigenvalue weighted by molar-refractivity contribution is 0.0810. The zero-order chi connectivity index (χ0) is 17.1. The minimum absolute atomic E-state index is 0.0624. The van der Waals surface area contributed by atoms with Crippen molar-refractivity contribution in [1.29, 1.82) is 0 Å². The highest BCUT2D eigenvalue weighted by Crippen LogP contribution is 2.23. The molecule has 1 N–H and O–H groups in total. The van der Waals surface area contributed by atoms with Gasteiger partial charge in [-0.2, -0.15) is 5.10 Å². The third-order valence-electron chi connectivity index (χ3n) is 4.64. The van der Waals surface area contributed by atoms with Gasteiger partial charge in [0.2, 0.25) is 0 Å². The first-order valence-corrected chi connectivity index (χ1v) is 8.97. The highest BCUT2D eigenvalue weighted by molar-refractivity contribution is 6.30. The van der Waals surface area contributed by atoms with Crippen molar-refractivity contribution in [2.45, 2.75) is 39.2 Å². The highest BCUT2D eigenvalue weighted by Gasteiger charge is 2.26. The third kappa shape index (κ3) is 4.05. The van der Waals surface area contributed by atoms with Crippen molar-refractivity contribution in [2.24, 2.45) is 5.92 Å². The summed E-state index contributed by atoms with van der Waals surface area (Å²) in [6.07, 6.45) is 2.01. The number of benzene rings is 1. The number of likely N-dealkylation sites (tertiary alicyclic amines) is 1. The van der Waals surface area contributed by atoms with Crippen molar-refractivity contribution in [3.63, 3.8) is 0 Å². The molecule has 0 spiro atoms. The molecule has 0 unspecified atom stereocenters. The van der Waals surface area contributed by atoms with E-state index in [1.165, 1.54) is 0 Å². The Bertz CT molecular complexity index is 693. The van der Waals surface area contributed by atoms with Gasteiger partial charge in [0.15, 0.2) is 5.78 Å². The van der Waals surface area contributed by atoms with Gasteiger partial charge in [0.05, 0.1) is 5.69 Å². The first kappa shape index (κ1) is 17.2. The van der Waals surface area contributed by atoms with Gasteiger partial charge < -0.3 is 0 Å². The Hall–Kier alpha value is -1.65. The zero-order valence-electron chi connectivity index (χ0n) is 14.3. The predicted octanol–water partition coefficient (Wildman–Crippen LogP) is 4.28. The fraction of sp³-hybridized carbons (Fsp3) is 0.474. The van der Waals surface area contributed by atoms with Gasteiger partial charge in [0.1, 0.15) is 0 Å². The molecule has 1 aliphatic heterocycles. The van der Waals surface area contributed by atoms with Crippen molar-refractivity contribution in [2.75, 3.05) is 13.1 Å².